The second-order valence-electron chi connectivity index (χ2n) is 3.29. The second-order valence-corrected chi connectivity index (χ2v) is 3.29. The van der Waals surface area contributed by atoms with Crippen LogP contribution in [-0.2, 0) is 0 Å². The zero-order valence-electron chi connectivity index (χ0n) is 7.55. The predicted molar refractivity (Wildman–Crippen MR) is 52.8 cm³/mol. The first kappa shape index (κ1) is 9.35. The van der Waals surface area contributed by atoms with Crippen LogP contribution >= 0.6 is 0 Å². The molecule has 1 aliphatic rings. The molecule has 0 spiro atoms. The van der Waals surface area contributed by atoms with Gasteiger partial charge in [0.1, 0.15) is 0 Å². The standard InChI is InChI=1S/C11H17N/c1-2-9-12-10-8-11-6-4-3-5-7-11/h1,4,6,11-12H,3,5,7-10H2. The first-order valence-electron chi connectivity index (χ1n) is 4.74. The molecule has 0 aliphatic heterocycles. The Morgan fingerprint density at radius 3 is 3.17 bits per heavy atom. The van der Waals surface area contributed by atoms with Gasteiger partial charge in [-0.1, -0.05) is 18.1 Å². The lowest BCUT2D eigenvalue weighted by atomic mass is 9.93. The molecule has 0 saturated heterocycles. The summed E-state index contributed by atoms with van der Waals surface area (Å²) in [6, 6.07) is 0. The van der Waals surface area contributed by atoms with Gasteiger partial charge in [0.05, 0.1) is 6.54 Å². The Morgan fingerprint density at radius 2 is 2.50 bits per heavy atom. The van der Waals surface area contributed by atoms with Crippen molar-refractivity contribution in [2.24, 2.45) is 5.92 Å². The van der Waals surface area contributed by atoms with Crippen LogP contribution in [0.1, 0.15) is 25.7 Å². The molecule has 1 unspecified atom stereocenters. The van der Waals surface area contributed by atoms with Gasteiger partial charge in [0.25, 0.3) is 0 Å². The van der Waals surface area contributed by atoms with Crippen molar-refractivity contribution in [1.82, 2.24) is 5.32 Å². The quantitative estimate of drug-likeness (QED) is 0.379. The zero-order valence-corrected chi connectivity index (χ0v) is 7.55. The monoisotopic (exact) mass is 163 g/mol. The van der Waals surface area contributed by atoms with Gasteiger partial charge in [0.2, 0.25) is 0 Å². The van der Waals surface area contributed by atoms with E-state index in [0.29, 0.717) is 6.54 Å². The van der Waals surface area contributed by atoms with Crippen molar-refractivity contribution in [1.29, 1.82) is 0 Å². The fourth-order valence-electron chi connectivity index (χ4n) is 1.57. The summed E-state index contributed by atoms with van der Waals surface area (Å²) in [6.45, 7) is 1.76. The Hall–Kier alpha value is -0.740. The summed E-state index contributed by atoms with van der Waals surface area (Å²) in [4.78, 5) is 0. The molecule has 0 fully saturated rings. The number of hydrogen-bond donors (Lipinski definition) is 1. The van der Waals surface area contributed by atoms with Crippen molar-refractivity contribution < 1.29 is 0 Å². The van der Waals surface area contributed by atoms with Crippen molar-refractivity contribution in [3.05, 3.63) is 12.2 Å². The molecule has 0 aromatic carbocycles. The number of hydrogen-bond acceptors (Lipinski definition) is 1. The molecule has 0 amide bonds. The minimum absolute atomic E-state index is 0.705. The molecule has 1 rings (SSSR count). The number of terminal acetylenes is 1. The molecule has 1 N–H and O–H groups in total. The van der Waals surface area contributed by atoms with Crippen LogP contribution in [0.3, 0.4) is 0 Å². The Morgan fingerprint density at radius 1 is 1.58 bits per heavy atom. The van der Waals surface area contributed by atoms with Crippen LogP contribution in [0, 0.1) is 18.3 Å². The third-order valence-electron chi connectivity index (χ3n) is 2.27. The van der Waals surface area contributed by atoms with Crippen LogP contribution in [0.4, 0.5) is 0 Å². The van der Waals surface area contributed by atoms with Crippen LogP contribution in [0.25, 0.3) is 0 Å². The minimum atomic E-state index is 0.705. The molecule has 1 heteroatoms. The molecular formula is C11H17N. The van der Waals surface area contributed by atoms with Crippen molar-refractivity contribution >= 4 is 0 Å². The van der Waals surface area contributed by atoms with Gasteiger partial charge >= 0.3 is 0 Å². The summed E-state index contributed by atoms with van der Waals surface area (Å²) < 4.78 is 0. The Labute approximate surface area is 75.2 Å². The van der Waals surface area contributed by atoms with Gasteiger partial charge in [-0.2, -0.15) is 0 Å². The molecular weight excluding hydrogens is 146 g/mol. The summed E-state index contributed by atoms with van der Waals surface area (Å²) >= 11 is 0. The molecule has 0 aromatic heterocycles. The second kappa shape index (κ2) is 5.85. The van der Waals surface area contributed by atoms with Crippen LogP contribution in [-0.4, -0.2) is 13.1 Å². The topological polar surface area (TPSA) is 12.0 Å². The highest BCUT2D eigenvalue weighted by molar-refractivity contribution is 4.93. The molecule has 1 aliphatic carbocycles. The first-order valence-corrected chi connectivity index (χ1v) is 4.74. The Kier molecular flexibility index (Phi) is 4.56. The van der Waals surface area contributed by atoms with E-state index in [2.05, 4.69) is 23.4 Å². The third kappa shape index (κ3) is 3.59. The van der Waals surface area contributed by atoms with Gasteiger partial charge in [-0.25, -0.2) is 0 Å². The van der Waals surface area contributed by atoms with Gasteiger partial charge in [0, 0.05) is 0 Å². The molecule has 0 radical (unpaired) electrons. The molecule has 12 heavy (non-hydrogen) atoms. The average Bonchev–Trinajstić information content (AvgIpc) is 2.14. The Bertz CT molecular complexity index is 176. The molecule has 1 atom stereocenters. The van der Waals surface area contributed by atoms with E-state index in [1.165, 1.54) is 25.7 Å². The van der Waals surface area contributed by atoms with Crippen LogP contribution in [0.2, 0.25) is 0 Å². The van der Waals surface area contributed by atoms with E-state index in [0.717, 1.165) is 12.5 Å². The Balaban J connectivity index is 2.03. The van der Waals surface area contributed by atoms with Gasteiger partial charge < -0.3 is 5.32 Å². The lowest BCUT2D eigenvalue weighted by molar-refractivity contribution is 0.491. The maximum absolute atomic E-state index is 5.12. The van der Waals surface area contributed by atoms with Gasteiger partial charge in [-0.05, 0) is 38.1 Å². The van der Waals surface area contributed by atoms with E-state index in [1.54, 1.807) is 0 Å². The third-order valence-corrected chi connectivity index (χ3v) is 2.27. The van der Waals surface area contributed by atoms with Gasteiger partial charge in [-0.15, -0.1) is 6.42 Å². The van der Waals surface area contributed by atoms with Gasteiger partial charge in [-0.3, -0.25) is 0 Å². The van der Waals surface area contributed by atoms with Crippen molar-refractivity contribution in [3.63, 3.8) is 0 Å². The number of nitrogens with one attached hydrogen (secondary N) is 1. The summed E-state index contributed by atoms with van der Waals surface area (Å²) in [5.74, 6) is 3.37. The largest absolute Gasteiger partial charge is 0.306 e. The molecule has 0 heterocycles. The first-order chi connectivity index (χ1) is 5.93. The van der Waals surface area contributed by atoms with Crippen LogP contribution < -0.4 is 5.32 Å². The SMILES string of the molecule is C#CCNCCC1C=CCCC1. The maximum atomic E-state index is 5.12. The molecule has 66 valence electrons. The molecule has 0 bridgehead atoms. The fraction of sp³-hybridized carbons (Fsp3) is 0.636. The van der Waals surface area contributed by atoms with E-state index in [4.69, 9.17) is 6.42 Å². The highest BCUT2D eigenvalue weighted by Crippen LogP contribution is 2.19. The molecule has 0 aromatic rings. The summed E-state index contributed by atoms with van der Waals surface area (Å²) in [7, 11) is 0. The van der Waals surface area contributed by atoms with Crippen LogP contribution in [0.15, 0.2) is 12.2 Å². The number of allylic oxidation sites excluding steroid dienone is 2. The summed E-state index contributed by atoms with van der Waals surface area (Å²) in [5.41, 5.74) is 0. The number of rotatable bonds is 4. The van der Waals surface area contributed by atoms with E-state index in [-0.39, 0.29) is 0 Å². The van der Waals surface area contributed by atoms with E-state index < -0.39 is 0 Å². The van der Waals surface area contributed by atoms with E-state index in [9.17, 15) is 0 Å². The maximum Gasteiger partial charge on any atom is 0.0573 e. The molecule has 1 nitrogen and oxygen atoms in total. The summed E-state index contributed by atoms with van der Waals surface area (Å²) in [6.07, 6.45) is 15.0. The van der Waals surface area contributed by atoms with Crippen molar-refractivity contribution in [3.8, 4) is 12.3 Å². The van der Waals surface area contributed by atoms with E-state index in [1.807, 2.05) is 0 Å². The fourth-order valence-corrected chi connectivity index (χ4v) is 1.57. The lowest BCUT2D eigenvalue weighted by Crippen LogP contribution is -2.18. The summed E-state index contributed by atoms with van der Waals surface area (Å²) in [5, 5.41) is 3.21. The van der Waals surface area contributed by atoms with E-state index >= 15 is 0 Å². The highest BCUT2D eigenvalue weighted by atomic mass is 14.8. The van der Waals surface area contributed by atoms with Crippen molar-refractivity contribution in [2.45, 2.75) is 25.7 Å². The zero-order chi connectivity index (χ0) is 8.65. The van der Waals surface area contributed by atoms with Crippen LogP contribution in [0.5, 0.6) is 0 Å². The highest BCUT2D eigenvalue weighted by Gasteiger charge is 2.06. The molecule has 0 saturated carbocycles. The predicted octanol–water partition coefficient (Wildman–Crippen LogP) is 1.96. The average molecular weight is 163 g/mol. The van der Waals surface area contributed by atoms with Gasteiger partial charge in [0.15, 0.2) is 0 Å². The smallest absolute Gasteiger partial charge is 0.0573 e. The lowest BCUT2D eigenvalue weighted by Gasteiger charge is -2.15. The van der Waals surface area contributed by atoms with Crippen molar-refractivity contribution in [2.75, 3.05) is 13.1 Å². The minimum Gasteiger partial charge on any atom is -0.306 e. The normalized spacial score (nSPS) is 22.1.